The minimum atomic E-state index is -0.188. The maximum Gasteiger partial charge on any atom is 0.255 e. The van der Waals surface area contributed by atoms with Crippen molar-refractivity contribution in [1.82, 2.24) is 14.5 Å². The first-order valence-corrected chi connectivity index (χ1v) is 10.5. The van der Waals surface area contributed by atoms with Crippen LogP contribution in [0.5, 0.6) is 5.75 Å². The molecule has 0 aliphatic carbocycles. The Hall–Kier alpha value is -3.16. The second-order valence-electron chi connectivity index (χ2n) is 8.03. The molecule has 4 heterocycles. The lowest BCUT2D eigenvalue weighted by Gasteiger charge is -2.31. The number of aromatic nitrogens is 2. The number of likely N-dealkylation sites (tertiary alicyclic amines) is 1. The number of carbonyl (C=O) groups excluding carboxylic acids is 2. The average Bonchev–Trinajstić information content (AvgIpc) is 2.77. The summed E-state index contributed by atoms with van der Waals surface area (Å²) in [5.41, 5.74) is 1.42. The van der Waals surface area contributed by atoms with E-state index in [-0.39, 0.29) is 23.2 Å². The van der Waals surface area contributed by atoms with Gasteiger partial charge in [0.05, 0.1) is 12.1 Å². The Morgan fingerprint density at radius 3 is 2.60 bits per heavy atom. The monoisotopic (exact) mass is 409 g/mol. The standard InChI is InChI=1S/C22H27N5O3/c1-15(2)21(28)27-9-6-17(13-19(27)23)26-10-11-30-18-12-16(14-24-20(18)26)22(29)25-7-4-3-5-8-25/h6,9,12-15,23H,3-5,7-8,10-11H2,1-2H3. The number of hydrogen-bond acceptors (Lipinski definition) is 6. The molecule has 2 aliphatic heterocycles. The lowest BCUT2D eigenvalue weighted by Crippen LogP contribution is -2.36. The number of fused-ring (bicyclic) bond motifs is 1. The van der Waals surface area contributed by atoms with E-state index in [9.17, 15) is 9.59 Å². The Balaban J connectivity index is 1.61. The molecule has 2 aliphatic rings. The average molecular weight is 409 g/mol. The number of nitrogens with one attached hydrogen (secondary N) is 1. The fraction of sp³-hybridized carbons (Fsp3) is 0.455. The minimum Gasteiger partial charge on any atom is -0.488 e. The lowest BCUT2D eigenvalue weighted by molar-refractivity contribution is 0.0723. The molecule has 30 heavy (non-hydrogen) atoms. The minimum absolute atomic E-state index is 0.00730. The number of pyridine rings is 2. The van der Waals surface area contributed by atoms with Gasteiger partial charge < -0.3 is 14.5 Å². The Morgan fingerprint density at radius 2 is 1.90 bits per heavy atom. The largest absolute Gasteiger partial charge is 0.488 e. The molecule has 1 fully saturated rings. The molecule has 2 aromatic heterocycles. The summed E-state index contributed by atoms with van der Waals surface area (Å²) in [4.78, 5) is 33.4. The van der Waals surface area contributed by atoms with Crippen molar-refractivity contribution in [2.24, 2.45) is 5.92 Å². The van der Waals surface area contributed by atoms with Gasteiger partial charge in [-0.2, -0.15) is 0 Å². The van der Waals surface area contributed by atoms with E-state index in [1.807, 2.05) is 29.7 Å². The molecule has 1 amide bonds. The molecular formula is C22H27N5O3. The molecule has 158 valence electrons. The summed E-state index contributed by atoms with van der Waals surface area (Å²) in [6.07, 6.45) is 6.48. The van der Waals surface area contributed by atoms with Crippen LogP contribution in [0.1, 0.15) is 48.3 Å². The molecule has 0 bridgehead atoms. The van der Waals surface area contributed by atoms with Gasteiger partial charge in [0.15, 0.2) is 11.6 Å². The van der Waals surface area contributed by atoms with E-state index in [4.69, 9.17) is 10.1 Å². The van der Waals surface area contributed by atoms with Crippen LogP contribution in [0.25, 0.3) is 0 Å². The van der Waals surface area contributed by atoms with Gasteiger partial charge in [-0.15, -0.1) is 0 Å². The Kier molecular flexibility index (Phi) is 5.57. The smallest absolute Gasteiger partial charge is 0.255 e. The third kappa shape index (κ3) is 3.81. The highest BCUT2D eigenvalue weighted by Gasteiger charge is 2.25. The van der Waals surface area contributed by atoms with Crippen molar-refractivity contribution in [2.75, 3.05) is 31.1 Å². The number of amides is 1. The number of hydrogen-bond donors (Lipinski definition) is 1. The van der Waals surface area contributed by atoms with Crippen LogP contribution in [-0.4, -0.2) is 52.5 Å². The topological polar surface area (TPSA) is 91.5 Å². The third-order valence-electron chi connectivity index (χ3n) is 5.53. The highest BCUT2D eigenvalue weighted by molar-refractivity contribution is 5.95. The fourth-order valence-electron chi connectivity index (χ4n) is 3.87. The summed E-state index contributed by atoms with van der Waals surface area (Å²) < 4.78 is 7.15. The van der Waals surface area contributed by atoms with Gasteiger partial charge in [0.25, 0.3) is 5.91 Å². The van der Waals surface area contributed by atoms with E-state index >= 15 is 0 Å². The summed E-state index contributed by atoms with van der Waals surface area (Å²) >= 11 is 0. The van der Waals surface area contributed by atoms with Crippen LogP contribution >= 0.6 is 0 Å². The molecule has 0 unspecified atom stereocenters. The molecule has 8 nitrogen and oxygen atoms in total. The number of nitrogens with zero attached hydrogens (tertiary/aromatic N) is 4. The zero-order chi connectivity index (χ0) is 21.3. The van der Waals surface area contributed by atoms with Gasteiger partial charge in [0.1, 0.15) is 12.1 Å². The van der Waals surface area contributed by atoms with E-state index in [1.54, 1.807) is 24.5 Å². The number of anilines is 2. The first-order valence-electron chi connectivity index (χ1n) is 10.5. The second kappa shape index (κ2) is 8.30. The van der Waals surface area contributed by atoms with Gasteiger partial charge in [-0.25, -0.2) is 4.98 Å². The molecule has 2 aromatic rings. The Morgan fingerprint density at radius 1 is 1.13 bits per heavy atom. The summed E-state index contributed by atoms with van der Waals surface area (Å²) in [5.74, 6) is 0.862. The van der Waals surface area contributed by atoms with Gasteiger partial charge in [0.2, 0.25) is 5.91 Å². The molecule has 0 saturated carbocycles. The van der Waals surface area contributed by atoms with Crippen LogP contribution < -0.4 is 15.1 Å². The molecule has 8 heteroatoms. The number of piperidine rings is 1. The fourth-order valence-corrected chi connectivity index (χ4v) is 3.87. The van der Waals surface area contributed by atoms with Gasteiger partial charge in [-0.1, -0.05) is 13.8 Å². The molecule has 0 radical (unpaired) electrons. The van der Waals surface area contributed by atoms with Crippen molar-refractivity contribution in [3.63, 3.8) is 0 Å². The van der Waals surface area contributed by atoms with E-state index in [2.05, 4.69) is 4.98 Å². The number of ether oxygens (including phenoxy) is 1. The predicted molar refractivity (Wildman–Crippen MR) is 112 cm³/mol. The van der Waals surface area contributed by atoms with Gasteiger partial charge in [-0.05, 0) is 31.4 Å². The molecule has 1 N–H and O–H groups in total. The summed E-state index contributed by atoms with van der Waals surface area (Å²) in [6.45, 7) is 6.22. The van der Waals surface area contributed by atoms with Crippen molar-refractivity contribution in [3.05, 3.63) is 41.6 Å². The maximum atomic E-state index is 12.8. The molecule has 0 spiro atoms. The molecule has 0 aromatic carbocycles. The van der Waals surface area contributed by atoms with Crippen molar-refractivity contribution in [3.8, 4) is 5.75 Å². The van der Waals surface area contributed by atoms with E-state index < -0.39 is 0 Å². The summed E-state index contributed by atoms with van der Waals surface area (Å²) in [6, 6.07) is 5.23. The summed E-state index contributed by atoms with van der Waals surface area (Å²) in [7, 11) is 0. The lowest BCUT2D eigenvalue weighted by atomic mass is 10.1. The first kappa shape index (κ1) is 20.1. The highest BCUT2D eigenvalue weighted by Crippen LogP contribution is 2.35. The predicted octanol–water partition coefficient (Wildman–Crippen LogP) is 2.82. The second-order valence-corrected chi connectivity index (χ2v) is 8.03. The Labute approximate surface area is 175 Å². The maximum absolute atomic E-state index is 12.8. The van der Waals surface area contributed by atoms with Crippen LogP contribution in [0, 0.1) is 11.3 Å². The quantitative estimate of drug-likeness (QED) is 0.842. The van der Waals surface area contributed by atoms with E-state index in [0.717, 1.165) is 31.6 Å². The SMILES string of the molecule is CC(C)C(=O)n1ccc(N2CCOc3cc(C(=O)N4CCCCC4)cnc32)cc1=N. The van der Waals surface area contributed by atoms with Crippen molar-refractivity contribution in [2.45, 2.75) is 33.1 Å². The van der Waals surface area contributed by atoms with E-state index in [1.165, 1.54) is 11.0 Å². The van der Waals surface area contributed by atoms with Crippen molar-refractivity contribution in [1.29, 1.82) is 5.41 Å². The van der Waals surface area contributed by atoms with Crippen LogP contribution in [0.15, 0.2) is 30.6 Å². The van der Waals surface area contributed by atoms with E-state index in [0.29, 0.717) is 30.3 Å². The zero-order valence-corrected chi connectivity index (χ0v) is 17.4. The highest BCUT2D eigenvalue weighted by atomic mass is 16.5. The summed E-state index contributed by atoms with van der Waals surface area (Å²) in [5, 5.41) is 8.26. The van der Waals surface area contributed by atoms with Crippen LogP contribution in [-0.2, 0) is 0 Å². The number of carbonyl (C=O) groups is 2. The molecule has 4 rings (SSSR count). The van der Waals surface area contributed by atoms with Crippen LogP contribution in [0.3, 0.4) is 0 Å². The first-order chi connectivity index (χ1) is 14.5. The van der Waals surface area contributed by atoms with Gasteiger partial charge in [-0.3, -0.25) is 19.6 Å². The number of rotatable bonds is 3. The van der Waals surface area contributed by atoms with Gasteiger partial charge >= 0.3 is 0 Å². The molecular weight excluding hydrogens is 382 g/mol. The molecule has 1 saturated heterocycles. The van der Waals surface area contributed by atoms with Crippen molar-refractivity contribution < 1.29 is 14.3 Å². The zero-order valence-electron chi connectivity index (χ0n) is 17.4. The van der Waals surface area contributed by atoms with Crippen LogP contribution in [0.4, 0.5) is 11.5 Å². The Bertz CT molecular complexity index is 1020. The van der Waals surface area contributed by atoms with Crippen molar-refractivity contribution >= 4 is 23.3 Å². The normalized spacial score (nSPS) is 16.2. The van der Waals surface area contributed by atoms with Crippen LogP contribution in [0.2, 0.25) is 0 Å². The molecule has 0 atom stereocenters. The van der Waals surface area contributed by atoms with Gasteiger partial charge in [0, 0.05) is 43.2 Å². The third-order valence-corrected chi connectivity index (χ3v) is 5.53.